The van der Waals surface area contributed by atoms with E-state index in [4.69, 9.17) is 10.5 Å². The van der Waals surface area contributed by atoms with E-state index in [0.29, 0.717) is 17.0 Å². The summed E-state index contributed by atoms with van der Waals surface area (Å²) in [6.07, 6.45) is -0.634. The van der Waals surface area contributed by atoms with Crippen LogP contribution < -0.4 is 15.8 Å². The minimum atomic E-state index is -0.634. The van der Waals surface area contributed by atoms with Crippen molar-refractivity contribution in [3.05, 3.63) is 23.8 Å². The van der Waals surface area contributed by atoms with Crippen LogP contribution in [0.5, 0.6) is 5.75 Å². The Labute approximate surface area is 90.1 Å². The number of anilines is 1. The molecule has 0 fully saturated rings. The molecule has 0 aliphatic rings. The summed E-state index contributed by atoms with van der Waals surface area (Å²) in [5.74, 6) is 0.696. The molecular weight excluding hydrogens is 192 g/mol. The van der Waals surface area contributed by atoms with Crippen molar-refractivity contribution >= 4 is 5.69 Å². The molecule has 0 saturated carbocycles. The quantitative estimate of drug-likeness (QED) is 0.646. The number of ether oxygens (including phenoxy) is 1. The highest BCUT2D eigenvalue weighted by Crippen LogP contribution is 2.27. The minimum absolute atomic E-state index is 0.0561. The maximum atomic E-state index is 9.99. The zero-order valence-corrected chi connectivity index (χ0v) is 9.32. The summed E-state index contributed by atoms with van der Waals surface area (Å²) in [7, 11) is 3.38. The van der Waals surface area contributed by atoms with Crippen molar-refractivity contribution in [3.63, 3.8) is 0 Å². The average molecular weight is 210 g/mol. The van der Waals surface area contributed by atoms with Gasteiger partial charge < -0.3 is 20.9 Å². The number of rotatable bonds is 4. The first kappa shape index (κ1) is 11.8. The largest absolute Gasteiger partial charge is 0.497 e. The summed E-state index contributed by atoms with van der Waals surface area (Å²) in [6, 6.07) is 5.21. The number of hydrogen-bond donors (Lipinski definition) is 3. The predicted octanol–water partition coefficient (Wildman–Crippen LogP) is 0.919. The summed E-state index contributed by atoms with van der Waals surface area (Å²) in [6.45, 7) is 1.89. The van der Waals surface area contributed by atoms with Gasteiger partial charge in [-0.15, -0.1) is 0 Å². The lowest BCUT2D eigenvalue weighted by molar-refractivity contribution is 0.140. The summed E-state index contributed by atoms with van der Waals surface area (Å²) < 4.78 is 5.09. The Kier molecular flexibility index (Phi) is 3.94. The van der Waals surface area contributed by atoms with E-state index in [0.717, 1.165) is 0 Å². The van der Waals surface area contributed by atoms with Crippen molar-refractivity contribution < 1.29 is 9.84 Å². The lowest BCUT2D eigenvalue weighted by atomic mass is 10.0. The molecule has 0 heterocycles. The molecule has 0 amide bonds. The third-order valence-corrected chi connectivity index (χ3v) is 2.54. The maximum absolute atomic E-state index is 9.99. The second-order valence-electron chi connectivity index (χ2n) is 3.52. The molecule has 1 aromatic rings. The Morgan fingerprint density at radius 1 is 1.47 bits per heavy atom. The Morgan fingerprint density at radius 3 is 2.67 bits per heavy atom. The molecule has 0 radical (unpaired) electrons. The lowest BCUT2D eigenvalue weighted by Gasteiger charge is -2.20. The number of aliphatic hydroxyl groups is 1. The van der Waals surface area contributed by atoms with Gasteiger partial charge in [-0.25, -0.2) is 0 Å². The average Bonchev–Trinajstić information content (AvgIpc) is 2.27. The van der Waals surface area contributed by atoms with Gasteiger partial charge in [0.25, 0.3) is 0 Å². The summed E-state index contributed by atoms with van der Waals surface area (Å²) in [5.41, 5.74) is 7.06. The Bertz CT molecular complexity index is 328. The van der Waals surface area contributed by atoms with Crippen LogP contribution in [0, 0.1) is 0 Å². The molecule has 1 aromatic carbocycles. The second-order valence-corrected chi connectivity index (χ2v) is 3.52. The number of benzene rings is 1. The molecule has 4 nitrogen and oxygen atoms in total. The van der Waals surface area contributed by atoms with Crippen molar-refractivity contribution in [1.82, 2.24) is 5.32 Å². The molecule has 1 rings (SSSR count). The van der Waals surface area contributed by atoms with Crippen LogP contribution in [0.25, 0.3) is 0 Å². The van der Waals surface area contributed by atoms with E-state index in [2.05, 4.69) is 5.32 Å². The monoisotopic (exact) mass is 210 g/mol. The van der Waals surface area contributed by atoms with Gasteiger partial charge in [0.05, 0.1) is 13.2 Å². The van der Waals surface area contributed by atoms with Gasteiger partial charge in [-0.05, 0) is 32.2 Å². The van der Waals surface area contributed by atoms with Crippen molar-refractivity contribution in [1.29, 1.82) is 0 Å². The van der Waals surface area contributed by atoms with Crippen LogP contribution in [0.2, 0.25) is 0 Å². The molecule has 0 bridgehead atoms. The zero-order valence-electron chi connectivity index (χ0n) is 9.32. The Hall–Kier alpha value is -1.26. The van der Waals surface area contributed by atoms with E-state index in [1.54, 1.807) is 32.4 Å². The smallest absolute Gasteiger partial charge is 0.119 e. The highest BCUT2D eigenvalue weighted by atomic mass is 16.5. The SMILES string of the molecule is CNC(C)C(O)c1cc(OC)ccc1N. The molecule has 2 unspecified atom stereocenters. The Balaban J connectivity index is 3.01. The molecule has 0 aliphatic heterocycles. The van der Waals surface area contributed by atoms with Crippen molar-refractivity contribution in [2.45, 2.75) is 19.1 Å². The number of nitrogens with one attached hydrogen (secondary N) is 1. The fourth-order valence-corrected chi connectivity index (χ4v) is 1.36. The van der Waals surface area contributed by atoms with E-state index in [1.807, 2.05) is 6.92 Å². The van der Waals surface area contributed by atoms with Crippen LogP contribution in [-0.4, -0.2) is 25.3 Å². The van der Waals surface area contributed by atoms with Crippen LogP contribution >= 0.6 is 0 Å². The zero-order chi connectivity index (χ0) is 11.4. The fraction of sp³-hybridized carbons (Fsp3) is 0.455. The summed E-state index contributed by atoms with van der Waals surface area (Å²) >= 11 is 0. The number of hydrogen-bond acceptors (Lipinski definition) is 4. The van der Waals surface area contributed by atoms with Gasteiger partial charge in [-0.2, -0.15) is 0 Å². The van der Waals surface area contributed by atoms with Gasteiger partial charge in [0, 0.05) is 17.3 Å². The van der Waals surface area contributed by atoms with Crippen LogP contribution in [0.1, 0.15) is 18.6 Å². The van der Waals surface area contributed by atoms with Gasteiger partial charge in [-0.1, -0.05) is 0 Å². The molecule has 84 valence electrons. The molecule has 0 aromatic heterocycles. The molecule has 2 atom stereocenters. The molecular formula is C11H18N2O2. The Morgan fingerprint density at radius 2 is 2.13 bits per heavy atom. The maximum Gasteiger partial charge on any atom is 0.119 e. The van der Waals surface area contributed by atoms with Crippen LogP contribution in [0.3, 0.4) is 0 Å². The molecule has 15 heavy (non-hydrogen) atoms. The standard InChI is InChI=1S/C11H18N2O2/c1-7(13-2)11(14)9-6-8(15-3)4-5-10(9)12/h4-7,11,13-14H,12H2,1-3H3. The number of methoxy groups -OCH3 is 1. The first-order valence-corrected chi connectivity index (χ1v) is 4.89. The summed E-state index contributed by atoms with van der Waals surface area (Å²) in [4.78, 5) is 0. The van der Waals surface area contributed by atoms with E-state index in [-0.39, 0.29) is 6.04 Å². The number of likely N-dealkylation sites (N-methyl/N-ethyl adjacent to an activating group) is 1. The molecule has 0 saturated heterocycles. The molecule has 0 aliphatic carbocycles. The number of aliphatic hydroxyl groups excluding tert-OH is 1. The topological polar surface area (TPSA) is 67.5 Å². The van der Waals surface area contributed by atoms with Crippen molar-refractivity contribution in [3.8, 4) is 5.75 Å². The van der Waals surface area contributed by atoms with E-state index in [1.165, 1.54) is 0 Å². The number of nitrogens with two attached hydrogens (primary N) is 1. The summed E-state index contributed by atoms with van der Waals surface area (Å²) in [5, 5.41) is 13.0. The number of nitrogen functional groups attached to an aromatic ring is 1. The first-order chi connectivity index (χ1) is 7.10. The van der Waals surface area contributed by atoms with E-state index < -0.39 is 6.10 Å². The molecule has 4 heteroatoms. The third kappa shape index (κ3) is 2.61. The highest BCUT2D eigenvalue weighted by molar-refractivity contribution is 5.51. The van der Waals surface area contributed by atoms with Gasteiger partial charge in [0.2, 0.25) is 0 Å². The van der Waals surface area contributed by atoms with Crippen molar-refractivity contribution in [2.24, 2.45) is 0 Å². The highest BCUT2D eigenvalue weighted by Gasteiger charge is 2.17. The van der Waals surface area contributed by atoms with Crippen molar-refractivity contribution in [2.75, 3.05) is 19.9 Å². The van der Waals surface area contributed by atoms with Gasteiger partial charge in [0.1, 0.15) is 5.75 Å². The fourth-order valence-electron chi connectivity index (χ4n) is 1.36. The normalized spacial score (nSPS) is 14.7. The van der Waals surface area contributed by atoms with E-state index in [9.17, 15) is 5.11 Å². The van der Waals surface area contributed by atoms with Gasteiger partial charge in [0.15, 0.2) is 0 Å². The van der Waals surface area contributed by atoms with Crippen LogP contribution in [-0.2, 0) is 0 Å². The van der Waals surface area contributed by atoms with Crippen LogP contribution in [0.4, 0.5) is 5.69 Å². The lowest BCUT2D eigenvalue weighted by Crippen LogP contribution is -2.29. The van der Waals surface area contributed by atoms with Crippen LogP contribution in [0.15, 0.2) is 18.2 Å². The molecule has 0 spiro atoms. The molecule has 4 N–H and O–H groups in total. The third-order valence-electron chi connectivity index (χ3n) is 2.54. The second kappa shape index (κ2) is 5.00. The predicted molar refractivity (Wildman–Crippen MR) is 60.9 cm³/mol. The van der Waals surface area contributed by atoms with E-state index >= 15 is 0 Å². The van der Waals surface area contributed by atoms with Gasteiger partial charge in [-0.3, -0.25) is 0 Å². The van der Waals surface area contributed by atoms with Gasteiger partial charge >= 0.3 is 0 Å². The minimum Gasteiger partial charge on any atom is -0.497 e. The first-order valence-electron chi connectivity index (χ1n) is 4.89.